The molecule has 0 aliphatic heterocycles. The number of unbranched alkanes of at least 4 members (excludes halogenated alkanes) is 2. The molecule has 1 heterocycles. The van der Waals surface area contributed by atoms with Gasteiger partial charge in [-0.15, -0.1) is 0 Å². The molecule has 0 aliphatic carbocycles. The Hall–Kier alpha value is -1.62. The van der Waals surface area contributed by atoms with Crippen molar-refractivity contribution in [2.45, 2.75) is 65.4 Å². The van der Waals surface area contributed by atoms with Crippen molar-refractivity contribution in [3.8, 4) is 5.88 Å². The molecular weight excluding hydrogens is 292 g/mol. The van der Waals surface area contributed by atoms with Crippen LogP contribution in [-0.2, 0) is 9.53 Å². The van der Waals surface area contributed by atoms with Crippen molar-refractivity contribution in [2.75, 3.05) is 19.0 Å². The molecule has 23 heavy (non-hydrogen) atoms. The highest BCUT2D eigenvalue weighted by Gasteiger charge is 2.32. The molecule has 0 aromatic carbocycles. The van der Waals surface area contributed by atoms with Crippen molar-refractivity contribution in [1.29, 1.82) is 0 Å². The van der Waals surface area contributed by atoms with Crippen molar-refractivity contribution >= 4 is 11.6 Å². The molecule has 0 spiro atoms. The number of pyridine rings is 1. The SMILES string of the molecule is CCCCCC(C)(OC)C(=O)Nc1cnc(OCCC)c(C)c1. The van der Waals surface area contributed by atoms with Crippen LogP contribution in [0.3, 0.4) is 0 Å². The Labute approximate surface area is 139 Å². The summed E-state index contributed by atoms with van der Waals surface area (Å²) in [5.41, 5.74) is 0.747. The normalized spacial score (nSPS) is 13.4. The average molecular weight is 322 g/mol. The summed E-state index contributed by atoms with van der Waals surface area (Å²) in [6.07, 6.45) is 6.43. The van der Waals surface area contributed by atoms with E-state index in [4.69, 9.17) is 9.47 Å². The number of nitrogens with one attached hydrogen (secondary N) is 1. The summed E-state index contributed by atoms with van der Waals surface area (Å²) in [6.45, 7) is 8.58. The molecule has 1 N–H and O–H groups in total. The highest BCUT2D eigenvalue weighted by Crippen LogP contribution is 2.23. The number of aryl methyl sites for hydroxylation is 1. The van der Waals surface area contributed by atoms with E-state index < -0.39 is 5.60 Å². The Morgan fingerprint density at radius 2 is 2.04 bits per heavy atom. The van der Waals surface area contributed by atoms with Crippen LogP contribution in [0.4, 0.5) is 5.69 Å². The maximum Gasteiger partial charge on any atom is 0.256 e. The van der Waals surface area contributed by atoms with Gasteiger partial charge in [0.2, 0.25) is 5.88 Å². The monoisotopic (exact) mass is 322 g/mol. The molecule has 130 valence electrons. The van der Waals surface area contributed by atoms with Crippen LogP contribution in [0.25, 0.3) is 0 Å². The van der Waals surface area contributed by atoms with E-state index in [-0.39, 0.29) is 5.91 Å². The minimum absolute atomic E-state index is 0.139. The molecule has 5 nitrogen and oxygen atoms in total. The zero-order valence-electron chi connectivity index (χ0n) is 15.1. The third kappa shape index (κ3) is 5.82. The number of amides is 1. The molecule has 0 radical (unpaired) electrons. The first kappa shape index (κ1) is 19.4. The lowest BCUT2D eigenvalue weighted by molar-refractivity contribution is -0.136. The van der Waals surface area contributed by atoms with Gasteiger partial charge in [0.1, 0.15) is 5.60 Å². The summed E-state index contributed by atoms with van der Waals surface area (Å²) >= 11 is 0. The second-order valence-corrected chi connectivity index (χ2v) is 6.04. The van der Waals surface area contributed by atoms with Crippen LogP contribution in [0.2, 0.25) is 0 Å². The highest BCUT2D eigenvalue weighted by molar-refractivity contribution is 5.97. The van der Waals surface area contributed by atoms with E-state index in [1.807, 2.05) is 26.8 Å². The third-order valence-corrected chi connectivity index (χ3v) is 3.92. The predicted molar refractivity (Wildman–Crippen MR) is 92.9 cm³/mol. The van der Waals surface area contributed by atoms with Gasteiger partial charge >= 0.3 is 0 Å². The summed E-state index contributed by atoms with van der Waals surface area (Å²) in [4.78, 5) is 16.8. The van der Waals surface area contributed by atoms with E-state index in [0.717, 1.165) is 31.2 Å². The first-order valence-electron chi connectivity index (χ1n) is 8.42. The van der Waals surface area contributed by atoms with E-state index in [1.165, 1.54) is 0 Å². The van der Waals surface area contributed by atoms with Crippen molar-refractivity contribution in [3.63, 3.8) is 0 Å². The average Bonchev–Trinajstić information content (AvgIpc) is 2.54. The maximum absolute atomic E-state index is 12.5. The summed E-state index contributed by atoms with van der Waals surface area (Å²) in [5.74, 6) is 0.474. The Kier molecular flexibility index (Phi) is 8.03. The lowest BCUT2D eigenvalue weighted by atomic mass is 9.97. The highest BCUT2D eigenvalue weighted by atomic mass is 16.5. The summed E-state index contributed by atoms with van der Waals surface area (Å²) < 4.78 is 11.0. The van der Waals surface area contributed by atoms with Gasteiger partial charge in [-0.2, -0.15) is 0 Å². The standard InChI is InChI=1S/C18H30N2O3/c1-6-8-9-10-18(4,22-5)17(21)20-15-12-14(3)16(19-13-15)23-11-7-2/h12-13H,6-11H2,1-5H3,(H,20,21). The van der Waals surface area contributed by atoms with Crippen LogP contribution < -0.4 is 10.1 Å². The molecule has 0 aliphatic rings. The van der Waals surface area contributed by atoms with Gasteiger partial charge in [-0.25, -0.2) is 4.98 Å². The van der Waals surface area contributed by atoms with E-state index in [9.17, 15) is 4.79 Å². The van der Waals surface area contributed by atoms with Crippen molar-refractivity contribution in [3.05, 3.63) is 17.8 Å². The van der Waals surface area contributed by atoms with Gasteiger partial charge in [-0.05, 0) is 32.8 Å². The number of hydrogen-bond acceptors (Lipinski definition) is 4. The van der Waals surface area contributed by atoms with Gasteiger partial charge < -0.3 is 14.8 Å². The van der Waals surface area contributed by atoms with Crippen molar-refractivity contribution < 1.29 is 14.3 Å². The van der Waals surface area contributed by atoms with E-state index in [0.29, 0.717) is 24.6 Å². The number of nitrogens with zero attached hydrogens (tertiary/aromatic N) is 1. The second kappa shape index (κ2) is 9.50. The van der Waals surface area contributed by atoms with E-state index in [1.54, 1.807) is 13.3 Å². The fourth-order valence-corrected chi connectivity index (χ4v) is 2.26. The number of aromatic nitrogens is 1. The molecular formula is C18H30N2O3. The molecule has 1 aromatic rings. The van der Waals surface area contributed by atoms with Crippen LogP contribution in [0.15, 0.2) is 12.3 Å². The minimum Gasteiger partial charge on any atom is -0.477 e. The van der Waals surface area contributed by atoms with Gasteiger partial charge in [0, 0.05) is 12.7 Å². The lowest BCUT2D eigenvalue weighted by Gasteiger charge is -2.27. The van der Waals surface area contributed by atoms with Crippen LogP contribution in [0.1, 0.15) is 58.4 Å². The molecule has 0 saturated carbocycles. The van der Waals surface area contributed by atoms with Gasteiger partial charge in [0.05, 0.1) is 18.5 Å². The molecule has 1 amide bonds. The fourth-order valence-electron chi connectivity index (χ4n) is 2.26. The zero-order chi connectivity index (χ0) is 17.3. The number of anilines is 1. The molecule has 0 bridgehead atoms. The van der Waals surface area contributed by atoms with Crippen LogP contribution in [0.5, 0.6) is 5.88 Å². The Bertz CT molecular complexity index is 505. The number of ether oxygens (including phenoxy) is 2. The van der Waals surface area contributed by atoms with E-state index >= 15 is 0 Å². The number of rotatable bonds is 10. The molecule has 1 unspecified atom stereocenters. The smallest absolute Gasteiger partial charge is 0.256 e. The molecule has 0 saturated heterocycles. The van der Waals surface area contributed by atoms with Crippen LogP contribution in [0, 0.1) is 6.92 Å². The Morgan fingerprint density at radius 1 is 1.30 bits per heavy atom. The largest absolute Gasteiger partial charge is 0.477 e. The van der Waals surface area contributed by atoms with Crippen LogP contribution in [-0.4, -0.2) is 30.2 Å². The summed E-state index contributed by atoms with van der Waals surface area (Å²) in [7, 11) is 1.58. The minimum atomic E-state index is -0.819. The molecule has 0 fully saturated rings. The van der Waals surface area contributed by atoms with Crippen molar-refractivity contribution in [1.82, 2.24) is 4.98 Å². The quantitative estimate of drug-likeness (QED) is 0.659. The maximum atomic E-state index is 12.5. The third-order valence-electron chi connectivity index (χ3n) is 3.92. The Balaban J connectivity index is 2.73. The number of carbonyl (C=O) groups is 1. The number of carbonyl (C=O) groups excluding carboxylic acids is 1. The lowest BCUT2D eigenvalue weighted by Crippen LogP contribution is -2.42. The molecule has 1 aromatic heterocycles. The van der Waals surface area contributed by atoms with Gasteiger partial charge in [-0.1, -0.05) is 33.1 Å². The fraction of sp³-hybridized carbons (Fsp3) is 0.667. The van der Waals surface area contributed by atoms with Crippen LogP contribution >= 0.6 is 0 Å². The number of hydrogen-bond donors (Lipinski definition) is 1. The second-order valence-electron chi connectivity index (χ2n) is 6.04. The molecule has 1 rings (SSSR count). The first-order valence-corrected chi connectivity index (χ1v) is 8.42. The Morgan fingerprint density at radius 3 is 2.61 bits per heavy atom. The van der Waals surface area contributed by atoms with Gasteiger partial charge in [-0.3, -0.25) is 4.79 Å². The first-order chi connectivity index (χ1) is 11.0. The topological polar surface area (TPSA) is 60.5 Å². The molecule has 1 atom stereocenters. The van der Waals surface area contributed by atoms with Gasteiger partial charge in [0.25, 0.3) is 5.91 Å². The van der Waals surface area contributed by atoms with Gasteiger partial charge in [0.15, 0.2) is 0 Å². The zero-order valence-corrected chi connectivity index (χ0v) is 15.1. The molecule has 5 heteroatoms. The van der Waals surface area contributed by atoms with E-state index in [2.05, 4.69) is 17.2 Å². The summed E-state index contributed by atoms with van der Waals surface area (Å²) in [5, 5.41) is 2.90. The predicted octanol–water partition coefficient (Wildman–Crippen LogP) is 4.10. The number of methoxy groups -OCH3 is 1. The summed E-state index contributed by atoms with van der Waals surface area (Å²) in [6, 6.07) is 1.87. The van der Waals surface area contributed by atoms with Crippen molar-refractivity contribution in [2.24, 2.45) is 0 Å².